The van der Waals surface area contributed by atoms with Crippen LogP contribution in [0.2, 0.25) is 0 Å². The Bertz CT molecular complexity index is 313. The van der Waals surface area contributed by atoms with Crippen molar-refractivity contribution in [3.05, 3.63) is 22.6 Å². The van der Waals surface area contributed by atoms with Gasteiger partial charge in [0.15, 0.2) is 4.67 Å². The smallest absolute Gasteiger partial charge is 0.169 e. The Hall–Kier alpha value is -0.320. The Labute approximate surface area is 92.4 Å². The van der Waals surface area contributed by atoms with E-state index in [4.69, 9.17) is 10.2 Å². The molecule has 2 heterocycles. The number of rotatable bonds is 2. The molecule has 4 heteroatoms. The molecular weight excluding hydrogens is 244 g/mol. The van der Waals surface area contributed by atoms with Crippen molar-refractivity contribution in [1.82, 2.24) is 4.90 Å². The fourth-order valence-electron chi connectivity index (χ4n) is 1.90. The lowest BCUT2D eigenvalue weighted by Gasteiger charge is -2.21. The number of likely N-dealkylation sites (tertiary alicyclic amines) is 1. The Morgan fingerprint density at radius 2 is 2.43 bits per heavy atom. The molecule has 1 aliphatic heterocycles. The summed E-state index contributed by atoms with van der Waals surface area (Å²) in [7, 11) is 0. The molecule has 3 nitrogen and oxygen atoms in total. The summed E-state index contributed by atoms with van der Waals surface area (Å²) < 4.78 is 6.32. The molecule has 0 radical (unpaired) electrons. The molecule has 1 fully saturated rings. The first kappa shape index (κ1) is 10.2. The van der Waals surface area contributed by atoms with Crippen LogP contribution in [0, 0.1) is 0 Å². The molecule has 1 aromatic rings. The van der Waals surface area contributed by atoms with Crippen LogP contribution in [0.3, 0.4) is 0 Å². The third-order valence-electron chi connectivity index (χ3n) is 2.81. The van der Waals surface area contributed by atoms with Gasteiger partial charge in [0, 0.05) is 19.1 Å². The molecule has 1 aliphatic rings. The maximum Gasteiger partial charge on any atom is 0.169 e. The van der Waals surface area contributed by atoms with E-state index in [0.717, 1.165) is 29.9 Å². The number of hydrogen-bond donors (Lipinski definition) is 1. The molecule has 78 valence electrons. The highest BCUT2D eigenvalue weighted by atomic mass is 79.9. The van der Waals surface area contributed by atoms with Gasteiger partial charge in [-0.2, -0.15) is 0 Å². The highest BCUT2D eigenvalue weighted by Gasteiger charge is 2.25. The van der Waals surface area contributed by atoms with Crippen LogP contribution in [-0.4, -0.2) is 24.0 Å². The van der Waals surface area contributed by atoms with E-state index in [9.17, 15) is 0 Å². The van der Waals surface area contributed by atoms with E-state index >= 15 is 0 Å². The predicted octanol–water partition coefficient (Wildman–Crippen LogP) is 2.14. The topological polar surface area (TPSA) is 42.4 Å². The molecule has 1 aromatic heterocycles. The number of hydrogen-bond acceptors (Lipinski definition) is 3. The van der Waals surface area contributed by atoms with Crippen LogP contribution in [0.5, 0.6) is 0 Å². The van der Waals surface area contributed by atoms with Gasteiger partial charge in [-0.3, -0.25) is 4.90 Å². The van der Waals surface area contributed by atoms with E-state index in [0.29, 0.717) is 12.1 Å². The number of nitrogens with zero attached hydrogens (tertiary/aromatic N) is 1. The summed E-state index contributed by atoms with van der Waals surface area (Å²) in [5, 5.41) is 0. The average Bonchev–Trinajstić information content (AvgIpc) is 2.73. The van der Waals surface area contributed by atoms with Gasteiger partial charge in [-0.05, 0) is 41.4 Å². The van der Waals surface area contributed by atoms with E-state index in [-0.39, 0.29) is 0 Å². The molecule has 0 aromatic carbocycles. The van der Waals surface area contributed by atoms with Gasteiger partial charge in [0.05, 0.1) is 6.04 Å². The maximum absolute atomic E-state index is 5.86. The van der Waals surface area contributed by atoms with Crippen LogP contribution in [0.15, 0.2) is 21.2 Å². The van der Waals surface area contributed by atoms with Crippen molar-refractivity contribution in [3.63, 3.8) is 0 Å². The molecule has 2 unspecified atom stereocenters. The third-order valence-corrected chi connectivity index (χ3v) is 3.24. The lowest BCUT2D eigenvalue weighted by atomic mass is 10.2. The summed E-state index contributed by atoms with van der Waals surface area (Å²) in [5.41, 5.74) is 5.86. The molecule has 2 atom stereocenters. The molecule has 14 heavy (non-hydrogen) atoms. The zero-order valence-electron chi connectivity index (χ0n) is 8.24. The number of halogens is 1. The van der Waals surface area contributed by atoms with Gasteiger partial charge >= 0.3 is 0 Å². The van der Waals surface area contributed by atoms with Crippen LogP contribution in [0.1, 0.15) is 25.1 Å². The Morgan fingerprint density at radius 1 is 1.64 bits per heavy atom. The normalized spacial score (nSPS) is 25.5. The highest BCUT2D eigenvalue weighted by molar-refractivity contribution is 9.10. The first-order valence-corrected chi connectivity index (χ1v) is 5.71. The van der Waals surface area contributed by atoms with Crippen molar-refractivity contribution in [2.45, 2.75) is 25.4 Å². The standard InChI is InChI=1S/C10H15BrN2O/c1-7(9-2-3-10(11)14-9)13-5-4-8(12)6-13/h2-3,7-8H,4-6,12H2,1H3. The van der Waals surface area contributed by atoms with Crippen molar-refractivity contribution in [2.24, 2.45) is 5.73 Å². The molecule has 0 spiro atoms. The Morgan fingerprint density at radius 3 is 2.93 bits per heavy atom. The van der Waals surface area contributed by atoms with Gasteiger partial charge in [-0.1, -0.05) is 0 Å². The quantitative estimate of drug-likeness (QED) is 0.884. The SMILES string of the molecule is CC(c1ccc(Br)o1)N1CCC(N)C1. The van der Waals surface area contributed by atoms with Gasteiger partial charge in [-0.15, -0.1) is 0 Å². The zero-order chi connectivity index (χ0) is 10.1. The lowest BCUT2D eigenvalue weighted by molar-refractivity contribution is 0.227. The summed E-state index contributed by atoms with van der Waals surface area (Å²) in [4.78, 5) is 2.36. The second-order valence-corrected chi connectivity index (χ2v) is 4.64. The molecule has 1 saturated heterocycles. The van der Waals surface area contributed by atoms with Crippen molar-refractivity contribution < 1.29 is 4.42 Å². The lowest BCUT2D eigenvalue weighted by Crippen LogP contribution is -2.28. The fraction of sp³-hybridized carbons (Fsp3) is 0.600. The summed E-state index contributed by atoms with van der Waals surface area (Å²) >= 11 is 3.31. The van der Waals surface area contributed by atoms with Crippen LogP contribution in [0.25, 0.3) is 0 Å². The second-order valence-electron chi connectivity index (χ2n) is 3.86. The molecular formula is C10H15BrN2O. The first-order valence-electron chi connectivity index (χ1n) is 4.91. The summed E-state index contributed by atoms with van der Waals surface area (Å²) in [6.45, 7) is 4.20. The maximum atomic E-state index is 5.86. The monoisotopic (exact) mass is 258 g/mol. The first-order chi connectivity index (χ1) is 6.66. The van der Waals surface area contributed by atoms with Gasteiger partial charge < -0.3 is 10.2 Å². The highest BCUT2D eigenvalue weighted by Crippen LogP contribution is 2.27. The van der Waals surface area contributed by atoms with E-state index in [1.54, 1.807) is 0 Å². The molecule has 0 aliphatic carbocycles. The third kappa shape index (κ3) is 2.02. The van der Waals surface area contributed by atoms with Crippen LogP contribution in [0.4, 0.5) is 0 Å². The van der Waals surface area contributed by atoms with Crippen molar-refractivity contribution in [2.75, 3.05) is 13.1 Å². The Balaban J connectivity index is 2.05. The molecule has 0 amide bonds. The van der Waals surface area contributed by atoms with Crippen LogP contribution >= 0.6 is 15.9 Å². The van der Waals surface area contributed by atoms with E-state index < -0.39 is 0 Å². The summed E-state index contributed by atoms with van der Waals surface area (Å²) in [5.74, 6) is 1.01. The van der Waals surface area contributed by atoms with Gasteiger partial charge in [0.1, 0.15) is 5.76 Å². The van der Waals surface area contributed by atoms with E-state index in [2.05, 4.69) is 27.8 Å². The van der Waals surface area contributed by atoms with Crippen LogP contribution in [-0.2, 0) is 0 Å². The molecule has 0 bridgehead atoms. The minimum atomic E-state index is 0.329. The predicted molar refractivity (Wildman–Crippen MR) is 59.0 cm³/mol. The van der Waals surface area contributed by atoms with E-state index in [1.807, 2.05) is 12.1 Å². The second kappa shape index (κ2) is 4.04. The molecule has 2 rings (SSSR count). The minimum absolute atomic E-state index is 0.329. The average molecular weight is 259 g/mol. The number of nitrogens with two attached hydrogens (primary N) is 1. The fourth-order valence-corrected chi connectivity index (χ4v) is 2.22. The summed E-state index contributed by atoms with van der Waals surface area (Å²) in [6, 6.07) is 4.60. The molecule has 0 saturated carbocycles. The van der Waals surface area contributed by atoms with Gasteiger partial charge in [0.2, 0.25) is 0 Å². The van der Waals surface area contributed by atoms with Crippen LogP contribution < -0.4 is 5.73 Å². The minimum Gasteiger partial charge on any atom is -0.453 e. The largest absolute Gasteiger partial charge is 0.453 e. The zero-order valence-corrected chi connectivity index (χ0v) is 9.83. The van der Waals surface area contributed by atoms with E-state index in [1.165, 1.54) is 0 Å². The van der Waals surface area contributed by atoms with Gasteiger partial charge in [-0.25, -0.2) is 0 Å². The number of furan rings is 1. The Kier molecular flexibility index (Phi) is 2.95. The van der Waals surface area contributed by atoms with Crippen molar-refractivity contribution >= 4 is 15.9 Å². The van der Waals surface area contributed by atoms with Crippen molar-refractivity contribution in [3.8, 4) is 0 Å². The molecule has 2 N–H and O–H groups in total. The summed E-state index contributed by atoms with van der Waals surface area (Å²) in [6.07, 6.45) is 1.09. The van der Waals surface area contributed by atoms with Gasteiger partial charge in [0.25, 0.3) is 0 Å². The van der Waals surface area contributed by atoms with Crippen molar-refractivity contribution in [1.29, 1.82) is 0 Å².